The molecule has 2 N–H and O–H groups in total. The summed E-state index contributed by atoms with van der Waals surface area (Å²) in [6.45, 7) is 9.94. The fraction of sp³-hybridized carbons (Fsp3) is 0.684. The first kappa shape index (κ1) is 19.3. The van der Waals surface area contributed by atoms with Crippen LogP contribution in [-0.4, -0.2) is 46.5 Å². The van der Waals surface area contributed by atoms with Gasteiger partial charge in [0, 0.05) is 6.20 Å². The maximum absolute atomic E-state index is 12.6. The lowest BCUT2D eigenvalue weighted by molar-refractivity contribution is 0.00578. The Labute approximate surface area is 155 Å². The maximum atomic E-state index is 12.6. The highest BCUT2D eigenvalue weighted by Crippen LogP contribution is 2.36. The number of aromatic nitrogens is 1. The predicted molar refractivity (Wildman–Crippen MR) is 100 cm³/mol. The Balaban J connectivity index is 1.79. The van der Waals surface area contributed by atoms with Crippen LogP contribution in [0.25, 0.3) is 0 Å². The molecule has 2 heterocycles. The molecule has 0 radical (unpaired) electrons. The van der Waals surface area contributed by atoms with Crippen molar-refractivity contribution in [2.45, 2.75) is 83.6 Å². The van der Waals surface area contributed by atoms with Crippen LogP contribution in [0.4, 0.5) is 0 Å². The van der Waals surface area contributed by atoms with Gasteiger partial charge in [0.2, 0.25) is 0 Å². The fourth-order valence-corrected chi connectivity index (χ4v) is 3.41. The first-order valence-corrected chi connectivity index (χ1v) is 9.42. The van der Waals surface area contributed by atoms with Crippen LogP contribution in [0.3, 0.4) is 0 Å². The third-order valence-electron chi connectivity index (χ3n) is 5.93. The molecule has 1 aliphatic carbocycles. The topological polar surface area (TPSA) is 80.7 Å². The first-order chi connectivity index (χ1) is 12.1. The van der Waals surface area contributed by atoms with Crippen molar-refractivity contribution in [1.82, 2.24) is 10.3 Å². The Morgan fingerprint density at radius 2 is 1.85 bits per heavy atom. The first-order valence-electron chi connectivity index (χ1n) is 9.42. The molecule has 26 heavy (non-hydrogen) atoms. The summed E-state index contributed by atoms with van der Waals surface area (Å²) in [5.74, 6) is -0.270. The maximum Gasteiger partial charge on any atom is 0.495 e. The third kappa shape index (κ3) is 3.66. The number of hydrogen-bond donors (Lipinski definition) is 2. The lowest BCUT2D eigenvalue weighted by Crippen LogP contribution is -2.45. The lowest BCUT2D eigenvalue weighted by Gasteiger charge is -2.32. The molecule has 1 aliphatic heterocycles. The van der Waals surface area contributed by atoms with Gasteiger partial charge < -0.3 is 19.7 Å². The summed E-state index contributed by atoms with van der Waals surface area (Å²) in [6.07, 6.45) is 4.73. The second kappa shape index (κ2) is 6.95. The Hall–Kier alpha value is -1.44. The molecule has 1 amide bonds. The molecule has 0 bridgehead atoms. The normalized spacial score (nSPS) is 27.4. The number of aliphatic hydroxyl groups is 1. The number of aryl methyl sites for hydroxylation is 1. The van der Waals surface area contributed by atoms with Gasteiger partial charge >= 0.3 is 7.12 Å². The summed E-state index contributed by atoms with van der Waals surface area (Å²) in [7, 11) is -0.533. The zero-order chi connectivity index (χ0) is 19.1. The molecular formula is C19H29BN2O4. The molecule has 2 fully saturated rings. The highest BCUT2D eigenvalue weighted by molar-refractivity contribution is 6.62. The van der Waals surface area contributed by atoms with Crippen molar-refractivity contribution in [1.29, 1.82) is 0 Å². The number of nitrogens with zero attached hydrogens (tertiary/aromatic N) is 1. The van der Waals surface area contributed by atoms with E-state index in [0.717, 1.165) is 36.7 Å². The minimum Gasteiger partial charge on any atom is -0.399 e. The lowest BCUT2D eigenvalue weighted by atomic mass is 9.76. The van der Waals surface area contributed by atoms with Crippen molar-refractivity contribution in [2.24, 2.45) is 0 Å². The zero-order valence-electron chi connectivity index (χ0n) is 16.3. The van der Waals surface area contributed by atoms with Crippen LogP contribution >= 0.6 is 0 Å². The van der Waals surface area contributed by atoms with Gasteiger partial charge in [0.05, 0.1) is 23.3 Å². The number of carbonyl (C=O) groups is 1. The molecule has 7 heteroatoms. The number of nitrogens with one attached hydrogen (secondary N) is 1. The largest absolute Gasteiger partial charge is 0.495 e. The van der Waals surface area contributed by atoms with E-state index in [9.17, 15) is 9.90 Å². The molecule has 1 aromatic rings. The molecule has 0 unspecified atom stereocenters. The molecule has 1 aromatic heterocycles. The summed E-state index contributed by atoms with van der Waals surface area (Å²) in [5, 5.41) is 13.0. The molecule has 1 saturated heterocycles. The van der Waals surface area contributed by atoms with Crippen LogP contribution in [0.1, 0.15) is 69.4 Å². The predicted octanol–water partition coefficient (Wildman–Crippen LogP) is 1.72. The van der Waals surface area contributed by atoms with Gasteiger partial charge in [-0.15, -0.1) is 0 Å². The second-order valence-corrected chi connectivity index (χ2v) is 8.45. The van der Waals surface area contributed by atoms with E-state index in [1.165, 1.54) is 0 Å². The summed E-state index contributed by atoms with van der Waals surface area (Å²) in [5.41, 5.74) is 1.16. The van der Waals surface area contributed by atoms with Gasteiger partial charge in [0.1, 0.15) is 5.69 Å². The zero-order valence-corrected chi connectivity index (χ0v) is 16.3. The average Bonchev–Trinajstić information content (AvgIpc) is 2.77. The van der Waals surface area contributed by atoms with E-state index >= 15 is 0 Å². The summed E-state index contributed by atoms with van der Waals surface area (Å²) in [6, 6.07) is 1.53. The number of pyridine rings is 1. The van der Waals surface area contributed by atoms with Crippen molar-refractivity contribution in [2.75, 3.05) is 0 Å². The van der Waals surface area contributed by atoms with E-state index in [-0.39, 0.29) is 11.9 Å². The van der Waals surface area contributed by atoms with E-state index in [1.54, 1.807) is 12.3 Å². The molecule has 3 rings (SSSR count). The minimum absolute atomic E-state index is 0.209. The number of hydrogen-bond acceptors (Lipinski definition) is 5. The summed E-state index contributed by atoms with van der Waals surface area (Å²) >= 11 is 0. The molecule has 142 valence electrons. The Kier molecular flexibility index (Phi) is 5.16. The van der Waals surface area contributed by atoms with Crippen molar-refractivity contribution < 1.29 is 19.2 Å². The van der Waals surface area contributed by atoms with Crippen LogP contribution < -0.4 is 10.8 Å². The molecule has 2 atom stereocenters. The smallest absolute Gasteiger partial charge is 0.399 e. The van der Waals surface area contributed by atoms with Gasteiger partial charge in [-0.3, -0.25) is 9.78 Å². The fourth-order valence-electron chi connectivity index (χ4n) is 3.41. The number of amides is 1. The highest BCUT2D eigenvalue weighted by atomic mass is 16.7. The average molecular weight is 360 g/mol. The molecule has 0 spiro atoms. The monoisotopic (exact) mass is 360 g/mol. The van der Waals surface area contributed by atoms with Crippen molar-refractivity contribution in [3.05, 3.63) is 23.5 Å². The third-order valence-corrected chi connectivity index (χ3v) is 5.93. The van der Waals surface area contributed by atoms with Crippen molar-refractivity contribution in [3.8, 4) is 0 Å². The van der Waals surface area contributed by atoms with Crippen LogP contribution in [-0.2, 0) is 9.31 Å². The Bertz CT molecular complexity index is 676. The van der Waals surface area contributed by atoms with E-state index in [4.69, 9.17) is 9.31 Å². The van der Waals surface area contributed by atoms with Gasteiger partial charge in [-0.2, -0.15) is 0 Å². The number of carbonyl (C=O) groups excluding carboxylic acids is 1. The van der Waals surface area contributed by atoms with E-state index < -0.39 is 24.4 Å². The Morgan fingerprint density at radius 1 is 1.23 bits per heavy atom. The molecule has 1 saturated carbocycles. The summed E-state index contributed by atoms with van der Waals surface area (Å²) in [4.78, 5) is 16.9. The number of aliphatic hydroxyl groups excluding tert-OH is 1. The highest BCUT2D eigenvalue weighted by Gasteiger charge is 2.52. The van der Waals surface area contributed by atoms with E-state index in [1.807, 2.05) is 34.6 Å². The van der Waals surface area contributed by atoms with Crippen molar-refractivity contribution >= 4 is 18.5 Å². The van der Waals surface area contributed by atoms with Crippen LogP contribution in [0, 0.1) is 6.92 Å². The second-order valence-electron chi connectivity index (χ2n) is 8.45. The van der Waals surface area contributed by atoms with Gasteiger partial charge in [-0.25, -0.2) is 0 Å². The van der Waals surface area contributed by atoms with Gasteiger partial charge in [0.15, 0.2) is 0 Å². The van der Waals surface area contributed by atoms with Crippen LogP contribution in [0.2, 0.25) is 0 Å². The summed E-state index contributed by atoms with van der Waals surface area (Å²) < 4.78 is 12.2. The van der Waals surface area contributed by atoms with E-state index in [2.05, 4.69) is 10.3 Å². The molecule has 0 aromatic carbocycles. The van der Waals surface area contributed by atoms with Gasteiger partial charge in [-0.1, -0.05) is 12.8 Å². The quantitative estimate of drug-likeness (QED) is 0.803. The minimum atomic E-state index is -0.533. The standard InChI is InChI=1S/C19H29BN2O4/c1-12-11-21-15(17(24)22-14-8-6-7-9-16(14)23)10-13(12)20-25-18(2,3)19(4,5)26-20/h10-11,14,16,23H,6-9H2,1-5H3,(H,22,24)/t14-,16-/m0/s1. The van der Waals surface area contributed by atoms with Crippen LogP contribution in [0.15, 0.2) is 12.3 Å². The molecule has 2 aliphatic rings. The van der Waals surface area contributed by atoms with Crippen molar-refractivity contribution in [3.63, 3.8) is 0 Å². The van der Waals surface area contributed by atoms with E-state index in [0.29, 0.717) is 5.69 Å². The van der Waals surface area contributed by atoms with Crippen LogP contribution in [0.5, 0.6) is 0 Å². The molecular weight excluding hydrogens is 331 g/mol. The SMILES string of the molecule is Cc1cnc(C(=O)N[C@H]2CCCC[C@@H]2O)cc1B1OC(C)(C)C(C)(C)O1. The van der Waals surface area contributed by atoms with Gasteiger partial charge in [0.25, 0.3) is 5.91 Å². The van der Waals surface area contributed by atoms with Gasteiger partial charge in [-0.05, 0) is 64.6 Å². The number of rotatable bonds is 3. The molecule has 6 nitrogen and oxygen atoms in total. The Morgan fingerprint density at radius 3 is 2.46 bits per heavy atom.